The third-order valence-corrected chi connectivity index (χ3v) is 4.86. The van der Waals surface area contributed by atoms with Crippen molar-refractivity contribution in [3.05, 3.63) is 52.6 Å². The smallest absolute Gasteiger partial charge is 0.112 e. The van der Waals surface area contributed by atoms with Gasteiger partial charge in [0.25, 0.3) is 0 Å². The molecular formula is C18H23N3. The monoisotopic (exact) mass is 281 g/mol. The first-order valence-corrected chi connectivity index (χ1v) is 8.11. The molecule has 3 heteroatoms. The molecule has 0 spiro atoms. The normalized spacial score (nSPS) is 18.0. The molecule has 0 saturated carbocycles. The minimum absolute atomic E-state index is 0.485. The fourth-order valence-corrected chi connectivity index (χ4v) is 3.89. The van der Waals surface area contributed by atoms with Gasteiger partial charge >= 0.3 is 0 Å². The Balaban J connectivity index is 1.77. The Morgan fingerprint density at radius 1 is 1.19 bits per heavy atom. The number of rotatable bonds is 2. The van der Waals surface area contributed by atoms with Crippen LogP contribution in [0, 0.1) is 0 Å². The van der Waals surface area contributed by atoms with Crippen LogP contribution >= 0.6 is 0 Å². The van der Waals surface area contributed by atoms with Crippen molar-refractivity contribution in [1.82, 2.24) is 14.9 Å². The van der Waals surface area contributed by atoms with Gasteiger partial charge < -0.3 is 9.88 Å². The predicted molar refractivity (Wildman–Crippen MR) is 84.6 cm³/mol. The molecule has 2 aliphatic rings. The Morgan fingerprint density at radius 2 is 1.90 bits per heavy atom. The van der Waals surface area contributed by atoms with Crippen LogP contribution in [0.2, 0.25) is 0 Å². The molecule has 0 atom stereocenters. The molecule has 110 valence electrons. The topological polar surface area (TPSA) is 29.9 Å². The lowest BCUT2D eigenvalue weighted by Crippen LogP contribution is -2.26. The zero-order chi connectivity index (χ0) is 14.4. The SMILES string of the molecule is CC(C)c1nc2c(n1C1Cc3ccccc3C1)CCNC2. The van der Waals surface area contributed by atoms with E-state index in [1.807, 2.05) is 0 Å². The molecule has 1 aromatic heterocycles. The Morgan fingerprint density at radius 3 is 2.57 bits per heavy atom. The van der Waals surface area contributed by atoms with E-state index in [-0.39, 0.29) is 0 Å². The second-order valence-electron chi connectivity index (χ2n) is 6.65. The lowest BCUT2D eigenvalue weighted by molar-refractivity contribution is 0.470. The van der Waals surface area contributed by atoms with Crippen molar-refractivity contribution >= 4 is 0 Å². The second kappa shape index (κ2) is 4.99. The molecule has 1 aromatic carbocycles. The van der Waals surface area contributed by atoms with Gasteiger partial charge in [-0.1, -0.05) is 38.1 Å². The summed E-state index contributed by atoms with van der Waals surface area (Å²) in [7, 11) is 0. The molecule has 0 fully saturated rings. The van der Waals surface area contributed by atoms with Gasteiger partial charge in [-0.15, -0.1) is 0 Å². The number of nitrogens with zero attached hydrogens (tertiary/aromatic N) is 2. The maximum absolute atomic E-state index is 4.96. The molecule has 2 aromatic rings. The lowest BCUT2D eigenvalue weighted by atomic mass is 10.1. The largest absolute Gasteiger partial charge is 0.328 e. The first-order valence-electron chi connectivity index (χ1n) is 8.11. The maximum Gasteiger partial charge on any atom is 0.112 e. The highest BCUT2D eigenvalue weighted by molar-refractivity contribution is 5.34. The van der Waals surface area contributed by atoms with Crippen molar-refractivity contribution < 1.29 is 0 Å². The van der Waals surface area contributed by atoms with Gasteiger partial charge in [0, 0.05) is 37.2 Å². The van der Waals surface area contributed by atoms with Crippen LogP contribution in [0.5, 0.6) is 0 Å². The van der Waals surface area contributed by atoms with Gasteiger partial charge in [-0.05, 0) is 24.0 Å². The highest BCUT2D eigenvalue weighted by atomic mass is 15.1. The zero-order valence-electron chi connectivity index (χ0n) is 12.9. The van der Waals surface area contributed by atoms with Crippen molar-refractivity contribution in [3.63, 3.8) is 0 Å². The summed E-state index contributed by atoms with van der Waals surface area (Å²) in [6, 6.07) is 9.47. The van der Waals surface area contributed by atoms with Gasteiger partial charge in [-0.2, -0.15) is 0 Å². The van der Waals surface area contributed by atoms with Crippen LogP contribution in [0.3, 0.4) is 0 Å². The first-order chi connectivity index (χ1) is 10.2. The van der Waals surface area contributed by atoms with E-state index in [0.29, 0.717) is 12.0 Å². The molecule has 0 saturated heterocycles. The van der Waals surface area contributed by atoms with Gasteiger partial charge in [-0.25, -0.2) is 4.98 Å². The van der Waals surface area contributed by atoms with Crippen LogP contribution < -0.4 is 5.32 Å². The van der Waals surface area contributed by atoms with Crippen molar-refractivity contribution in [1.29, 1.82) is 0 Å². The van der Waals surface area contributed by atoms with Crippen LogP contribution in [0.25, 0.3) is 0 Å². The van der Waals surface area contributed by atoms with E-state index in [1.54, 1.807) is 0 Å². The van der Waals surface area contributed by atoms with Crippen molar-refractivity contribution in [2.24, 2.45) is 0 Å². The number of hydrogen-bond acceptors (Lipinski definition) is 2. The van der Waals surface area contributed by atoms with E-state index in [1.165, 1.54) is 28.3 Å². The van der Waals surface area contributed by atoms with E-state index in [2.05, 4.69) is 48.0 Å². The standard InChI is InChI=1S/C18H23N3/c1-12(2)18-20-16-11-19-8-7-17(16)21(18)15-9-13-5-3-4-6-14(13)10-15/h3-6,12,15,19H,7-11H2,1-2H3. The highest BCUT2D eigenvalue weighted by Crippen LogP contribution is 2.35. The van der Waals surface area contributed by atoms with E-state index >= 15 is 0 Å². The van der Waals surface area contributed by atoms with Crippen LogP contribution in [-0.4, -0.2) is 16.1 Å². The Labute approximate surface area is 126 Å². The van der Waals surface area contributed by atoms with Gasteiger partial charge in [0.2, 0.25) is 0 Å². The Bertz CT molecular complexity index is 644. The molecule has 1 aliphatic carbocycles. The average molecular weight is 281 g/mol. The summed E-state index contributed by atoms with van der Waals surface area (Å²) in [6.45, 7) is 6.54. The highest BCUT2D eigenvalue weighted by Gasteiger charge is 2.29. The molecule has 21 heavy (non-hydrogen) atoms. The molecule has 0 unspecified atom stereocenters. The molecule has 0 radical (unpaired) electrons. The summed E-state index contributed by atoms with van der Waals surface area (Å²) in [6.07, 6.45) is 3.43. The van der Waals surface area contributed by atoms with E-state index in [0.717, 1.165) is 32.4 Å². The summed E-state index contributed by atoms with van der Waals surface area (Å²) in [4.78, 5) is 4.96. The Hall–Kier alpha value is -1.61. The average Bonchev–Trinajstić information content (AvgIpc) is 3.07. The van der Waals surface area contributed by atoms with E-state index in [9.17, 15) is 0 Å². The number of nitrogens with one attached hydrogen (secondary N) is 1. The summed E-state index contributed by atoms with van der Waals surface area (Å²) >= 11 is 0. The molecule has 4 rings (SSSR count). The summed E-state index contributed by atoms with van der Waals surface area (Å²) in [5, 5.41) is 3.45. The predicted octanol–water partition coefficient (Wildman–Crippen LogP) is 2.99. The molecular weight excluding hydrogens is 258 g/mol. The van der Waals surface area contributed by atoms with E-state index in [4.69, 9.17) is 4.98 Å². The van der Waals surface area contributed by atoms with Crippen LogP contribution in [0.1, 0.15) is 54.1 Å². The summed E-state index contributed by atoms with van der Waals surface area (Å²) in [5.74, 6) is 1.76. The molecule has 0 bridgehead atoms. The van der Waals surface area contributed by atoms with Gasteiger partial charge in [0.05, 0.1) is 5.69 Å². The number of fused-ring (bicyclic) bond motifs is 2. The van der Waals surface area contributed by atoms with Crippen molar-refractivity contribution in [2.75, 3.05) is 6.54 Å². The molecule has 2 heterocycles. The minimum atomic E-state index is 0.485. The molecule has 1 N–H and O–H groups in total. The second-order valence-corrected chi connectivity index (χ2v) is 6.65. The first kappa shape index (κ1) is 13.1. The maximum atomic E-state index is 4.96. The van der Waals surface area contributed by atoms with Crippen molar-refractivity contribution in [2.45, 2.75) is 51.6 Å². The van der Waals surface area contributed by atoms with E-state index < -0.39 is 0 Å². The number of benzene rings is 1. The number of aromatic nitrogens is 2. The van der Waals surface area contributed by atoms with Crippen LogP contribution in [0.15, 0.2) is 24.3 Å². The molecule has 1 aliphatic heterocycles. The van der Waals surface area contributed by atoms with Crippen LogP contribution in [0.4, 0.5) is 0 Å². The summed E-state index contributed by atoms with van der Waals surface area (Å²) in [5.41, 5.74) is 5.80. The minimum Gasteiger partial charge on any atom is -0.328 e. The van der Waals surface area contributed by atoms with Gasteiger partial charge in [0.15, 0.2) is 0 Å². The summed E-state index contributed by atoms with van der Waals surface area (Å²) < 4.78 is 2.58. The molecule has 0 amide bonds. The third kappa shape index (κ3) is 2.11. The van der Waals surface area contributed by atoms with Gasteiger partial charge in [-0.3, -0.25) is 0 Å². The molecule has 3 nitrogen and oxygen atoms in total. The fraction of sp³-hybridized carbons (Fsp3) is 0.500. The Kier molecular flexibility index (Phi) is 3.11. The van der Waals surface area contributed by atoms with Crippen LogP contribution in [-0.2, 0) is 25.8 Å². The zero-order valence-corrected chi connectivity index (χ0v) is 12.9. The van der Waals surface area contributed by atoms with Crippen molar-refractivity contribution in [3.8, 4) is 0 Å². The van der Waals surface area contributed by atoms with Gasteiger partial charge in [0.1, 0.15) is 5.82 Å². The lowest BCUT2D eigenvalue weighted by Gasteiger charge is -2.22. The number of hydrogen-bond donors (Lipinski definition) is 1. The number of imidazole rings is 1. The quantitative estimate of drug-likeness (QED) is 0.917. The fourth-order valence-electron chi connectivity index (χ4n) is 3.89. The third-order valence-electron chi connectivity index (χ3n) is 4.86.